The van der Waals surface area contributed by atoms with Crippen LogP contribution in [0.1, 0.15) is 13.8 Å². The third-order valence-electron chi connectivity index (χ3n) is 2.54. The number of methoxy groups -OCH3 is 1. The molecule has 1 rings (SSSR count). The second kappa shape index (κ2) is 5.06. The summed E-state index contributed by atoms with van der Waals surface area (Å²) in [5.74, 6) is 0.386. The van der Waals surface area contributed by atoms with Gasteiger partial charge >= 0.3 is 0 Å². The van der Waals surface area contributed by atoms with Gasteiger partial charge in [0, 0.05) is 0 Å². The summed E-state index contributed by atoms with van der Waals surface area (Å²) in [5.41, 5.74) is 5.12. The van der Waals surface area contributed by atoms with Crippen LogP contribution in [-0.4, -0.2) is 27.8 Å². The van der Waals surface area contributed by atoms with Crippen molar-refractivity contribution in [3.8, 4) is 5.75 Å². The smallest absolute Gasteiger partial charge is 0.182 e. The van der Waals surface area contributed by atoms with Gasteiger partial charge in [0.05, 0.1) is 12.9 Å². The number of hydrogen-bond donors (Lipinski definition) is 1. The van der Waals surface area contributed by atoms with Crippen LogP contribution in [-0.2, 0) is 9.84 Å². The molecular weight excluding hydrogens is 238 g/mol. The molecule has 0 spiro atoms. The zero-order chi connectivity index (χ0) is 13.1. The van der Waals surface area contributed by atoms with Crippen LogP contribution < -0.4 is 10.5 Å². The van der Waals surface area contributed by atoms with Crippen molar-refractivity contribution in [2.24, 2.45) is 11.1 Å². The van der Waals surface area contributed by atoms with Gasteiger partial charge in [0.15, 0.2) is 9.84 Å². The van der Waals surface area contributed by atoms with Crippen LogP contribution in [0, 0.1) is 5.41 Å². The number of para-hydroxylation sites is 1. The zero-order valence-corrected chi connectivity index (χ0v) is 11.3. The van der Waals surface area contributed by atoms with E-state index >= 15 is 0 Å². The Labute approximate surface area is 103 Å². The van der Waals surface area contributed by atoms with Gasteiger partial charge in [-0.15, -0.1) is 0 Å². The molecule has 17 heavy (non-hydrogen) atoms. The van der Waals surface area contributed by atoms with Crippen molar-refractivity contribution in [2.45, 2.75) is 18.7 Å². The minimum absolute atomic E-state index is 0.0108. The average molecular weight is 257 g/mol. The van der Waals surface area contributed by atoms with Gasteiger partial charge in [-0.05, 0) is 24.1 Å². The normalized spacial score (nSPS) is 12.5. The van der Waals surface area contributed by atoms with Crippen LogP contribution >= 0.6 is 0 Å². The molecule has 0 atom stereocenters. The summed E-state index contributed by atoms with van der Waals surface area (Å²) in [4.78, 5) is 0.226. The fourth-order valence-electron chi connectivity index (χ4n) is 1.53. The minimum Gasteiger partial charge on any atom is -0.495 e. The largest absolute Gasteiger partial charge is 0.495 e. The molecule has 0 fully saturated rings. The van der Waals surface area contributed by atoms with E-state index < -0.39 is 15.3 Å². The van der Waals surface area contributed by atoms with Crippen molar-refractivity contribution < 1.29 is 13.2 Å². The van der Waals surface area contributed by atoms with Crippen molar-refractivity contribution in [3.05, 3.63) is 24.3 Å². The highest BCUT2D eigenvalue weighted by Gasteiger charge is 2.28. The molecule has 0 heterocycles. The molecule has 0 saturated heterocycles. The summed E-state index contributed by atoms with van der Waals surface area (Å²) in [6.07, 6.45) is 0. The number of sulfone groups is 1. The Balaban J connectivity index is 3.14. The number of hydrogen-bond acceptors (Lipinski definition) is 4. The van der Waals surface area contributed by atoms with E-state index in [9.17, 15) is 8.42 Å². The van der Waals surface area contributed by atoms with E-state index in [1.807, 2.05) is 13.8 Å². The van der Waals surface area contributed by atoms with Gasteiger partial charge < -0.3 is 10.5 Å². The lowest BCUT2D eigenvalue weighted by Gasteiger charge is -2.22. The highest BCUT2D eigenvalue weighted by molar-refractivity contribution is 7.91. The molecule has 0 aliphatic carbocycles. The molecule has 0 aliphatic heterocycles. The monoisotopic (exact) mass is 257 g/mol. The SMILES string of the molecule is COc1ccccc1S(=O)(=O)CC(C)(C)CN. The Kier molecular flexibility index (Phi) is 4.16. The Morgan fingerprint density at radius 3 is 2.41 bits per heavy atom. The fraction of sp³-hybridized carbons (Fsp3) is 0.500. The Hall–Kier alpha value is -1.07. The second-order valence-corrected chi connectivity index (χ2v) is 6.74. The van der Waals surface area contributed by atoms with Gasteiger partial charge in [-0.25, -0.2) is 8.42 Å². The lowest BCUT2D eigenvalue weighted by molar-refractivity contribution is 0.399. The summed E-state index contributed by atoms with van der Waals surface area (Å²) in [7, 11) is -1.92. The van der Waals surface area contributed by atoms with Gasteiger partial charge in [-0.2, -0.15) is 0 Å². The van der Waals surface area contributed by atoms with E-state index in [4.69, 9.17) is 10.5 Å². The number of nitrogens with two attached hydrogens (primary N) is 1. The molecule has 0 aromatic heterocycles. The summed E-state index contributed by atoms with van der Waals surface area (Å²) in [6, 6.07) is 6.62. The van der Waals surface area contributed by atoms with E-state index in [0.717, 1.165) is 0 Å². The van der Waals surface area contributed by atoms with E-state index in [1.165, 1.54) is 7.11 Å². The molecule has 2 N–H and O–H groups in total. The molecular formula is C12H19NO3S. The van der Waals surface area contributed by atoms with Crippen LogP contribution in [0.4, 0.5) is 0 Å². The summed E-state index contributed by atoms with van der Waals surface area (Å²) >= 11 is 0. The summed E-state index contributed by atoms with van der Waals surface area (Å²) < 4.78 is 29.6. The third-order valence-corrected chi connectivity index (χ3v) is 4.71. The molecule has 1 aromatic carbocycles. The van der Waals surface area contributed by atoms with Crippen molar-refractivity contribution in [1.82, 2.24) is 0 Å². The van der Waals surface area contributed by atoms with E-state index in [-0.39, 0.29) is 10.6 Å². The molecule has 0 radical (unpaired) electrons. The maximum Gasteiger partial charge on any atom is 0.182 e. The molecule has 4 nitrogen and oxygen atoms in total. The first-order valence-corrected chi connectivity index (χ1v) is 7.03. The molecule has 1 aromatic rings. The quantitative estimate of drug-likeness (QED) is 0.867. The maximum absolute atomic E-state index is 12.3. The fourth-order valence-corrected chi connectivity index (χ4v) is 3.57. The first kappa shape index (κ1) is 14.0. The van der Waals surface area contributed by atoms with Crippen LogP contribution in [0.2, 0.25) is 0 Å². The van der Waals surface area contributed by atoms with Crippen LogP contribution in [0.5, 0.6) is 5.75 Å². The number of rotatable bonds is 5. The van der Waals surface area contributed by atoms with Crippen molar-refractivity contribution in [1.29, 1.82) is 0 Å². The van der Waals surface area contributed by atoms with Gasteiger partial charge in [0.25, 0.3) is 0 Å². The number of benzene rings is 1. The predicted molar refractivity (Wildman–Crippen MR) is 67.9 cm³/mol. The highest BCUT2D eigenvalue weighted by atomic mass is 32.2. The summed E-state index contributed by atoms with van der Waals surface area (Å²) in [6.45, 7) is 3.99. The number of ether oxygens (including phenoxy) is 1. The minimum atomic E-state index is -3.38. The van der Waals surface area contributed by atoms with Gasteiger partial charge in [0.1, 0.15) is 10.6 Å². The first-order chi connectivity index (χ1) is 7.82. The Bertz CT molecular complexity index is 480. The third kappa shape index (κ3) is 3.44. The predicted octanol–water partition coefficient (Wildman–Crippen LogP) is 1.45. The Morgan fingerprint density at radius 1 is 1.29 bits per heavy atom. The standard InChI is InChI=1S/C12H19NO3S/c1-12(2,8-13)9-17(14,15)11-7-5-4-6-10(11)16-3/h4-7H,8-9,13H2,1-3H3. The van der Waals surface area contributed by atoms with Gasteiger partial charge in [0.2, 0.25) is 0 Å². The van der Waals surface area contributed by atoms with Gasteiger partial charge in [-0.1, -0.05) is 26.0 Å². The maximum atomic E-state index is 12.3. The molecule has 0 amide bonds. The van der Waals surface area contributed by atoms with E-state index in [0.29, 0.717) is 12.3 Å². The van der Waals surface area contributed by atoms with E-state index in [1.54, 1.807) is 24.3 Å². The Morgan fingerprint density at radius 2 is 1.88 bits per heavy atom. The molecule has 0 unspecified atom stereocenters. The first-order valence-electron chi connectivity index (χ1n) is 5.38. The molecule has 96 valence electrons. The molecule has 5 heteroatoms. The topological polar surface area (TPSA) is 69.4 Å². The lowest BCUT2D eigenvalue weighted by Crippen LogP contribution is -2.31. The van der Waals surface area contributed by atoms with Crippen molar-refractivity contribution in [3.63, 3.8) is 0 Å². The molecule has 0 aliphatic rings. The van der Waals surface area contributed by atoms with Crippen molar-refractivity contribution in [2.75, 3.05) is 19.4 Å². The molecule has 0 saturated carbocycles. The van der Waals surface area contributed by atoms with Crippen molar-refractivity contribution >= 4 is 9.84 Å². The van der Waals surface area contributed by atoms with E-state index in [2.05, 4.69) is 0 Å². The molecule has 0 bridgehead atoms. The van der Waals surface area contributed by atoms with Crippen LogP contribution in [0.3, 0.4) is 0 Å². The zero-order valence-electron chi connectivity index (χ0n) is 10.4. The van der Waals surface area contributed by atoms with Crippen LogP contribution in [0.15, 0.2) is 29.2 Å². The van der Waals surface area contributed by atoms with Crippen LogP contribution in [0.25, 0.3) is 0 Å². The van der Waals surface area contributed by atoms with Gasteiger partial charge in [-0.3, -0.25) is 0 Å². The summed E-state index contributed by atoms with van der Waals surface area (Å²) in [5, 5.41) is 0. The average Bonchev–Trinajstić information content (AvgIpc) is 2.28. The highest BCUT2D eigenvalue weighted by Crippen LogP contribution is 2.28. The lowest BCUT2D eigenvalue weighted by atomic mass is 9.97. The second-order valence-electron chi connectivity index (χ2n) is 4.78.